The number of aryl methyl sites for hydroxylation is 1. The fourth-order valence-electron chi connectivity index (χ4n) is 5.90. The number of fused-ring (bicyclic) bond motifs is 3. The Labute approximate surface area is 244 Å². The van der Waals surface area contributed by atoms with E-state index in [2.05, 4.69) is 42.5 Å². The van der Waals surface area contributed by atoms with Gasteiger partial charge in [0, 0.05) is 16.6 Å². The molecule has 0 aromatic heterocycles. The number of rotatable bonds is 10. The van der Waals surface area contributed by atoms with Gasteiger partial charge >= 0.3 is 0 Å². The molecule has 2 heterocycles. The molecule has 0 spiro atoms. The van der Waals surface area contributed by atoms with Gasteiger partial charge in [-0.15, -0.1) is 0 Å². The zero-order chi connectivity index (χ0) is 28.0. The molecular weight excluding hydrogens is 532 g/mol. The molecular formula is C35H36O5S. The third-order valence-corrected chi connectivity index (χ3v) is 9.61. The van der Waals surface area contributed by atoms with Gasteiger partial charge in [0.25, 0.3) is 0 Å². The first-order chi connectivity index (χ1) is 20.2. The van der Waals surface area contributed by atoms with Crippen LogP contribution in [0.5, 0.6) is 0 Å². The quantitative estimate of drug-likeness (QED) is 0.217. The smallest absolute Gasteiger partial charge is 0.113 e. The molecule has 1 fully saturated rings. The van der Waals surface area contributed by atoms with Gasteiger partial charge in [-0.25, -0.2) is 0 Å². The van der Waals surface area contributed by atoms with Crippen molar-refractivity contribution in [1.29, 1.82) is 0 Å². The lowest BCUT2D eigenvalue weighted by Gasteiger charge is -2.48. The van der Waals surface area contributed by atoms with Crippen molar-refractivity contribution in [2.24, 2.45) is 5.92 Å². The van der Waals surface area contributed by atoms with Crippen LogP contribution >= 0.6 is 0 Å². The zero-order valence-electron chi connectivity index (χ0n) is 23.3. The van der Waals surface area contributed by atoms with E-state index in [-0.39, 0.29) is 24.2 Å². The SMILES string of the molecule is Cc1cccc2c1[S@](=O)C[C@@H]1[C@@H](OCc3ccccc3)[C@H](OCc3ccccc3)[C@@H](COCc3ccccc3)O[C@H]21. The molecule has 4 aromatic carbocycles. The highest BCUT2D eigenvalue weighted by Gasteiger charge is 2.51. The molecule has 0 aliphatic carbocycles. The number of hydrogen-bond acceptors (Lipinski definition) is 5. The minimum atomic E-state index is -1.16. The van der Waals surface area contributed by atoms with Crippen molar-refractivity contribution < 1.29 is 23.2 Å². The van der Waals surface area contributed by atoms with Crippen molar-refractivity contribution in [3.8, 4) is 0 Å². The topological polar surface area (TPSA) is 54.0 Å². The second kappa shape index (κ2) is 13.2. The molecule has 6 rings (SSSR count). The Morgan fingerprint density at radius 3 is 1.88 bits per heavy atom. The second-order valence-corrected chi connectivity index (χ2v) is 12.2. The molecule has 1 saturated heterocycles. The summed E-state index contributed by atoms with van der Waals surface area (Å²) in [6.07, 6.45) is -1.37. The van der Waals surface area contributed by atoms with E-state index in [1.165, 1.54) is 0 Å². The summed E-state index contributed by atoms with van der Waals surface area (Å²) in [6, 6.07) is 36.6. The molecule has 6 heteroatoms. The second-order valence-electron chi connectivity index (χ2n) is 10.8. The highest BCUT2D eigenvalue weighted by atomic mass is 32.2. The summed E-state index contributed by atoms with van der Waals surface area (Å²) in [5.74, 6) is 0.338. The summed E-state index contributed by atoms with van der Waals surface area (Å²) in [7, 11) is -1.16. The third-order valence-electron chi connectivity index (χ3n) is 7.91. The maximum Gasteiger partial charge on any atom is 0.113 e. The zero-order valence-corrected chi connectivity index (χ0v) is 24.1. The Balaban J connectivity index is 1.32. The van der Waals surface area contributed by atoms with Gasteiger partial charge in [0.15, 0.2) is 0 Å². The van der Waals surface area contributed by atoms with Crippen LogP contribution in [0.4, 0.5) is 0 Å². The van der Waals surface area contributed by atoms with E-state index in [4.69, 9.17) is 18.9 Å². The lowest BCUT2D eigenvalue weighted by atomic mass is 9.83. The van der Waals surface area contributed by atoms with Gasteiger partial charge in [0.05, 0.1) is 49.4 Å². The summed E-state index contributed by atoms with van der Waals surface area (Å²) < 4.78 is 40.1. The van der Waals surface area contributed by atoms with E-state index in [1.54, 1.807) is 0 Å². The summed E-state index contributed by atoms with van der Waals surface area (Å²) in [6.45, 7) is 3.72. The van der Waals surface area contributed by atoms with Gasteiger partial charge in [0.1, 0.15) is 12.2 Å². The first-order valence-corrected chi connectivity index (χ1v) is 15.6. The van der Waals surface area contributed by atoms with Crippen LogP contribution < -0.4 is 0 Å². The van der Waals surface area contributed by atoms with Gasteiger partial charge < -0.3 is 18.9 Å². The summed E-state index contributed by atoms with van der Waals surface area (Å²) in [4.78, 5) is 0.892. The molecule has 6 atom stereocenters. The van der Waals surface area contributed by atoms with E-state index in [1.807, 2.05) is 73.7 Å². The Kier molecular flexibility index (Phi) is 9.04. The van der Waals surface area contributed by atoms with Gasteiger partial charge in [-0.3, -0.25) is 4.21 Å². The lowest BCUT2D eigenvalue weighted by Crippen LogP contribution is -2.57. The highest BCUT2D eigenvalue weighted by molar-refractivity contribution is 7.85. The van der Waals surface area contributed by atoms with Gasteiger partial charge in [0.2, 0.25) is 0 Å². The largest absolute Gasteiger partial charge is 0.374 e. The van der Waals surface area contributed by atoms with Crippen molar-refractivity contribution in [3.05, 3.63) is 137 Å². The van der Waals surface area contributed by atoms with Crippen LogP contribution in [0, 0.1) is 12.8 Å². The molecule has 4 aromatic rings. The molecule has 41 heavy (non-hydrogen) atoms. The Morgan fingerprint density at radius 1 is 0.707 bits per heavy atom. The molecule has 0 amide bonds. The van der Waals surface area contributed by atoms with Crippen LogP contribution in [-0.4, -0.2) is 34.9 Å². The molecule has 0 radical (unpaired) electrons. The van der Waals surface area contributed by atoms with Crippen molar-refractivity contribution >= 4 is 10.8 Å². The number of ether oxygens (including phenoxy) is 4. The van der Waals surface area contributed by atoms with E-state index in [0.29, 0.717) is 32.2 Å². The van der Waals surface area contributed by atoms with Gasteiger partial charge in [-0.1, -0.05) is 109 Å². The molecule has 212 valence electrons. The molecule has 0 N–H and O–H groups in total. The standard InChI is InChI=1S/C35H36O5S/c1-25-12-11-19-29-32-30(24-41(36)35(25)29)33(38-21-27-15-7-3-8-16-27)34(39-22-28-17-9-4-10-18-28)31(40-32)23-37-20-26-13-5-2-6-14-26/h2-19,30-34H,20-24H2,1H3/t30-,31+,32+,33+,34+,41+/m0/s1. The maximum absolute atomic E-state index is 13.6. The molecule has 0 unspecified atom stereocenters. The average molecular weight is 569 g/mol. The van der Waals surface area contributed by atoms with E-state index >= 15 is 0 Å². The first kappa shape index (κ1) is 28.0. The van der Waals surface area contributed by atoms with E-state index in [9.17, 15) is 4.21 Å². The Hall–Kier alpha value is -3.13. The monoisotopic (exact) mass is 568 g/mol. The maximum atomic E-state index is 13.6. The Bertz CT molecular complexity index is 1430. The van der Waals surface area contributed by atoms with Crippen LogP contribution in [0.15, 0.2) is 114 Å². The average Bonchev–Trinajstić information content (AvgIpc) is 3.01. The molecule has 0 saturated carbocycles. The van der Waals surface area contributed by atoms with Crippen LogP contribution in [0.2, 0.25) is 0 Å². The van der Waals surface area contributed by atoms with Crippen LogP contribution in [0.25, 0.3) is 0 Å². The first-order valence-electron chi connectivity index (χ1n) is 14.2. The molecule has 2 aliphatic heterocycles. The van der Waals surface area contributed by atoms with Crippen LogP contribution in [0.3, 0.4) is 0 Å². The van der Waals surface area contributed by atoms with Crippen molar-refractivity contribution in [2.45, 2.75) is 56.1 Å². The minimum Gasteiger partial charge on any atom is -0.374 e. The highest BCUT2D eigenvalue weighted by Crippen LogP contribution is 2.46. The van der Waals surface area contributed by atoms with Crippen molar-refractivity contribution in [3.63, 3.8) is 0 Å². The molecule has 5 nitrogen and oxygen atoms in total. The number of benzene rings is 4. The van der Waals surface area contributed by atoms with Crippen molar-refractivity contribution in [1.82, 2.24) is 0 Å². The van der Waals surface area contributed by atoms with Crippen molar-refractivity contribution in [2.75, 3.05) is 12.4 Å². The minimum absolute atomic E-state index is 0.125. The van der Waals surface area contributed by atoms with E-state index in [0.717, 1.165) is 32.7 Å². The summed E-state index contributed by atoms with van der Waals surface area (Å²) in [5.41, 5.74) is 5.29. The lowest BCUT2D eigenvalue weighted by molar-refractivity contribution is -0.244. The van der Waals surface area contributed by atoms with Crippen LogP contribution in [-0.2, 0) is 49.6 Å². The normalized spacial score (nSPS) is 25.3. The molecule has 0 bridgehead atoms. The fourth-order valence-corrected chi connectivity index (χ4v) is 7.66. The predicted octanol–water partition coefficient (Wildman–Crippen LogP) is 6.56. The number of hydrogen-bond donors (Lipinski definition) is 0. The predicted molar refractivity (Wildman–Crippen MR) is 160 cm³/mol. The summed E-state index contributed by atoms with van der Waals surface area (Å²) >= 11 is 0. The van der Waals surface area contributed by atoms with Gasteiger partial charge in [-0.2, -0.15) is 0 Å². The fraction of sp³-hybridized carbons (Fsp3) is 0.314. The van der Waals surface area contributed by atoms with E-state index < -0.39 is 16.9 Å². The van der Waals surface area contributed by atoms with Crippen LogP contribution in [0.1, 0.15) is 33.9 Å². The van der Waals surface area contributed by atoms with Gasteiger partial charge in [-0.05, 0) is 34.7 Å². The summed E-state index contributed by atoms with van der Waals surface area (Å²) in [5, 5.41) is 0. The molecule has 2 aliphatic rings. The Morgan fingerprint density at radius 2 is 1.27 bits per heavy atom. The third kappa shape index (κ3) is 6.53.